The molecule has 0 aliphatic heterocycles. The van der Waals surface area contributed by atoms with Gasteiger partial charge in [-0.25, -0.2) is 0 Å². The summed E-state index contributed by atoms with van der Waals surface area (Å²) in [5.74, 6) is 0.00116. The SMILES string of the molecule is NC(=S)c1cccc(C(=O)N(CCCO)C2CCC2)c1. The first-order valence-electron chi connectivity index (χ1n) is 6.95. The number of aliphatic hydroxyl groups is 1. The van der Waals surface area contributed by atoms with Gasteiger partial charge in [0.2, 0.25) is 0 Å². The van der Waals surface area contributed by atoms with E-state index in [0.717, 1.165) is 12.8 Å². The fourth-order valence-corrected chi connectivity index (χ4v) is 2.49. The van der Waals surface area contributed by atoms with Crippen molar-refractivity contribution < 1.29 is 9.90 Å². The smallest absolute Gasteiger partial charge is 0.254 e. The molecule has 0 spiro atoms. The number of amides is 1. The van der Waals surface area contributed by atoms with Gasteiger partial charge in [0.25, 0.3) is 5.91 Å². The highest BCUT2D eigenvalue weighted by Crippen LogP contribution is 2.26. The van der Waals surface area contributed by atoms with Crippen LogP contribution in [-0.4, -0.2) is 40.1 Å². The van der Waals surface area contributed by atoms with Gasteiger partial charge in [-0.05, 0) is 37.8 Å². The Kier molecular flexibility index (Phi) is 5.09. The van der Waals surface area contributed by atoms with E-state index < -0.39 is 0 Å². The van der Waals surface area contributed by atoms with Crippen LogP contribution in [0.3, 0.4) is 0 Å². The molecule has 1 aliphatic carbocycles. The monoisotopic (exact) mass is 292 g/mol. The molecule has 0 unspecified atom stereocenters. The number of carbonyl (C=O) groups is 1. The minimum atomic E-state index is 0.00116. The molecule has 0 radical (unpaired) electrons. The van der Waals surface area contributed by atoms with Crippen molar-refractivity contribution in [1.29, 1.82) is 0 Å². The zero-order valence-electron chi connectivity index (χ0n) is 11.4. The second-order valence-corrected chi connectivity index (χ2v) is 5.55. The average Bonchev–Trinajstić information content (AvgIpc) is 2.40. The molecule has 5 heteroatoms. The van der Waals surface area contributed by atoms with Crippen molar-refractivity contribution in [3.8, 4) is 0 Å². The summed E-state index contributed by atoms with van der Waals surface area (Å²) in [4.78, 5) is 14.8. The molecule has 20 heavy (non-hydrogen) atoms. The molecule has 0 heterocycles. The van der Waals surface area contributed by atoms with Crippen LogP contribution in [0.5, 0.6) is 0 Å². The van der Waals surface area contributed by atoms with Crippen LogP contribution >= 0.6 is 12.2 Å². The van der Waals surface area contributed by atoms with Gasteiger partial charge < -0.3 is 15.7 Å². The molecule has 1 aromatic carbocycles. The Morgan fingerprint density at radius 1 is 1.40 bits per heavy atom. The number of nitrogens with zero attached hydrogens (tertiary/aromatic N) is 1. The van der Waals surface area contributed by atoms with E-state index in [2.05, 4.69) is 0 Å². The van der Waals surface area contributed by atoms with Gasteiger partial charge in [-0.1, -0.05) is 24.4 Å². The zero-order valence-corrected chi connectivity index (χ0v) is 12.2. The van der Waals surface area contributed by atoms with Crippen molar-refractivity contribution in [1.82, 2.24) is 4.90 Å². The molecule has 0 atom stereocenters. The summed E-state index contributed by atoms with van der Waals surface area (Å²) in [7, 11) is 0. The molecule has 1 aromatic rings. The summed E-state index contributed by atoms with van der Waals surface area (Å²) in [6.07, 6.45) is 3.87. The lowest BCUT2D eigenvalue weighted by molar-refractivity contribution is 0.0562. The third-order valence-electron chi connectivity index (χ3n) is 3.73. The molecule has 1 fully saturated rings. The van der Waals surface area contributed by atoms with Gasteiger partial charge in [-0.2, -0.15) is 0 Å². The lowest BCUT2D eigenvalue weighted by atomic mass is 9.90. The molecule has 2 rings (SSSR count). The highest BCUT2D eigenvalue weighted by Gasteiger charge is 2.29. The fraction of sp³-hybridized carbons (Fsp3) is 0.467. The van der Waals surface area contributed by atoms with E-state index >= 15 is 0 Å². The van der Waals surface area contributed by atoms with Crippen molar-refractivity contribution in [2.45, 2.75) is 31.7 Å². The third-order valence-corrected chi connectivity index (χ3v) is 3.96. The number of hydrogen-bond donors (Lipinski definition) is 2. The van der Waals surface area contributed by atoms with Crippen molar-refractivity contribution >= 4 is 23.1 Å². The summed E-state index contributed by atoms with van der Waals surface area (Å²) >= 11 is 4.95. The largest absolute Gasteiger partial charge is 0.396 e. The summed E-state index contributed by atoms with van der Waals surface area (Å²) in [6, 6.07) is 7.44. The second kappa shape index (κ2) is 6.81. The van der Waals surface area contributed by atoms with E-state index in [1.807, 2.05) is 4.90 Å². The predicted octanol–water partition coefficient (Wildman–Crippen LogP) is 1.70. The average molecular weight is 292 g/mol. The Morgan fingerprint density at radius 2 is 2.10 bits per heavy atom. The molecule has 1 aliphatic rings. The minimum absolute atomic E-state index is 0.00116. The first kappa shape index (κ1) is 14.9. The molecular weight excluding hydrogens is 272 g/mol. The number of carbonyl (C=O) groups excluding carboxylic acids is 1. The predicted molar refractivity (Wildman–Crippen MR) is 82.7 cm³/mol. The van der Waals surface area contributed by atoms with E-state index in [1.54, 1.807) is 24.3 Å². The lowest BCUT2D eigenvalue weighted by Crippen LogP contribution is -2.45. The van der Waals surface area contributed by atoms with Gasteiger partial charge in [0.05, 0.1) is 0 Å². The maximum absolute atomic E-state index is 12.6. The van der Waals surface area contributed by atoms with E-state index in [4.69, 9.17) is 23.1 Å². The van der Waals surface area contributed by atoms with E-state index in [9.17, 15) is 4.79 Å². The van der Waals surface area contributed by atoms with Gasteiger partial charge in [-0.3, -0.25) is 4.79 Å². The summed E-state index contributed by atoms with van der Waals surface area (Å²) < 4.78 is 0. The van der Waals surface area contributed by atoms with Crippen LogP contribution in [0.15, 0.2) is 24.3 Å². The van der Waals surface area contributed by atoms with Gasteiger partial charge >= 0.3 is 0 Å². The second-order valence-electron chi connectivity index (χ2n) is 5.11. The Morgan fingerprint density at radius 3 is 2.65 bits per heavy atom. The van der Waals surface area contributed by atoms with Crippen molar-refractivity contribution in [2.24, 2.45) is 5.73 Å². The number of benzene rings is 1. The Balaban J connectivity index is 2.17. The molecule has 3 N–H and O–H groups in total. The van der Waals surface area contributed by atoms with E-state index in [1.165, 1.54) is 6.42 Å². The Labute approximate surface area is 124 Å². The van der Waals surface area contributed by atoms with Crippen molar-refractivity contribution in [3.63, 3.8) is 0 Å². The van der Waals surface area contributed by atoms with E-state index in [0.29, 0.717) is 35.1 Å². The summed E-state index contributed by atoms with van der Waals surface area (Å²) in [6.45, 7) is 0.695. The number of rotatable bonds is 6. The molecular formula is C15H20N2O2S. The molecule has 0 bridgehead atoms. The van der Waals surface area contributed by atoms with Crippen LogP contribution in [0.25, 0.3) is 0 Å². The topological polar surface area (TPSA) is 66.6 Å². The van der Waals surface area contributed by atoms with Gasteiger partial charge in [0.15, 0.2) is 0 Å². The Hall–Kier alpha value is -1.46. The van der Waals surface area contributed by atoms with Crippen LogP contribution in [0.4, 0.5) is 0 Å². The Bertz CT molecular complexity index is 500. The molecule has 4 nitrogen and oxygen atoms in total. The first-order chi connectivity index (χ1) is 9.63. The standard InChI is InChI=1S/C15H20N2O2S/c16-14(20)11-4-1-5-12(10-11)15(19)17(8-3-9-18)13-6-2-7-13/h1,4-5,10,13,18H,2-3,6-9H2,(H2,16,20). The summed E-state index contributed by atoms with van der Waals surface area (Å²) in [5.41, 5.74) is 6.93. The van der Waals surface area contributed by atoms with Crippen LogP contribution in [0, 0.1) is 0 Å². The maximum atomic E-state index is 12.6. The number of thiocarbonyl (C=S) groups is 1. The minimum Gasteiger partial charge on any atom is -0.396 e. The van der Waals surface area contributed by atoms with E-state index in [-0.39, 0.29) is 12.5 Å². The maximum Gasteiger partial charge on any atom is 0.254 e. The molecule has 108 valence electrons. The van der Waals surface area contributed by atoms with Crippen LogP contribution in [-0.2, 0) is 0 Å². The molecule has 1 amide bonds. The summed E-state index contributed by atoms with van der Waals surface area (Å²) in [5, 5.41) is 8.99. The van der Waals surface area contributed by atoms with Crippen LogP contribution < -0.4 is 5.73 Å². The highest BCUT2D eigenvalue weighted by atomic mass is 32.1. The molecule has 0 saturated heterocycles. The van der Waals surface area contributed by atoms with Crippen LogP contribution in [0.1, 0.15) is 41.6 Å². The molecule has 0 aromatic heterocycles. The van der Waals surface area contributed by atoms with Gasteiger partial charge in [-0.15, -0.1) is 0 Å². The number of nitrogens with two attached hydrogens (primary N) is 1. The first-order valence-corrected chi connectivity index (χ1v) is 7.36. The van der Waals surface area contributed by atoms with Crippen molar-refractivity contribution in [2.75, 3.05) is 13.2 Å². The van der Waals surface area contributed by atoms with Crippen molar-refractivity contribution in [3.05, 3.63) is 35.4 Å². The number of hydrogen-bond acceptors (Lipinski definition) is 3. The van der Waals surface area contributed by atoms with Gasteiger partial charge in [0, 0.05) is 30.3 Å². The fourth-order valence-electron chi connectivity index (χ4n) is 2.36. The zero-order chi connectivity index (χ0) is 14.5. The quantitative estimate of drug-likeness (QED) is 0.783. The number of aliphatic hydroxyl groups excluding tert-OH is 1. The lowest BCUT2D eigenvalue weighted by Gasteiger charge is -2.37. The van der Waals surface area contributed by atoms with Gasteiger partial charge in [0.1, 0.15) is 4.99 Å². The van der Waals surface area contributed by atoms with Crippen LogP contribution in [0.2, 0.25) is 0 Å². The highest BCUT2D eigenvalue weighted by molar-refractivity contribution is 7.80. The normalized spacial score (nSPS) is 14.7. The third kappa shape index (κ3) is 3.35. The molecule has 1 saturated carbocycles.